The quantitative estimate of drug-likeness (QED) is 0.219. The Labute approximate surface area is 207 Å². The van der Waals surface area contributed by atoms with E-state index in [4.69, 9.17) is 4.74 Å². The number of phenolic OH excluding ortho intramolecular Hbond substituents is 1. The smallest absolute Gasteiger partial charge is 0.335 e. The molecule has 0 aliphatic carbocycles. The fourth-order valence-electron chi connectivity index (χ4n) is 4.32. The Balaban J connectivity index is 2.90. The SMILES string of the molecule is C=CC(=O)Oc1c(C(C)c2cc(CC)cc(C(C)(C)CC)c2O)cc(CC)cc1C(C)(C)CC. The summed E-state index contributed by atoms with van der Waals surface area (Å²) in [4.78, 5) is 12.4. The first-order valence-corrected chi connectivity index (χ1v) is 12.7. The van der Waals surface area contributed by atoms with Gasteiger partial charge in [0, 0.05) is 34.2 Å². The third-order valence-corrected chi connectivity index (χ3v) is 7.72. The minimum atomic E-state index is -0.467. The van der Waals surface area contributed by atoms with E-state index in [1.807, 2.05) is 0 Å². The van der Waals surface area contributed by atoms with Crippen LogP contribution in [0, 0.1) is 0 Å². The Morgan fingerprint density at radius 3 is 1.85 bits per heavy atom. The number of carbonyl (C=O) groups excluding carboxylic acids is 1. The molecule has 3 heteroatoms. The van der Waals surface area contributed by atoms with E-state index in [1.54, 1.807) is 0 Å². The van der Waals surface area contributed by atoms with E-state index in [-0.39, 0.29) is 16.7 Å². The van der Waals surface area contributed by atoms with Crippen LogP contribution in [-0.4, -0.2) is 11.1 Å². The van der Waals surface area contributed by atoms with Gasteiger partial charge in [0.15, 0.2) is 0 Å². The van der Waals surface area contributed by atoms with Crippen molar-refractivity contribution in [3.8, 4) is 11.5 Å². The maximum absolute atomic E-state index is 12.4. The molecule has 3 nitrogen and oxygen atoms in total. The first-order valence-electron chi connectivity index (χ1n) is 12.7. The molecule has 0 aliphatic rings. The van der Waals surface area contributed by atoms with E-state index in [2.05, 4.69) is 93.2 Å². The fraction of sp³-hybridized carbons (Fsp3) is 0.516. The molecule has 0 aliphatic heterocycles. The number of rotatable bonds is 10. The van der Waals surface area contributed by atoms with Crippen molar-refractivity contribution in [3.05, 3.63) is 70.3 Å². The maximum Gasteiger partial charge on any atom is 0.335 e. The van der Waals surface area contributed by atoms with Gasteiger partial charge in [-0.25, -0.2) is 4.79 Å². The normalized spacial score (nSPS) is 13.0. The zero-order valence-electron chi connectivity index (χ0n) is 22.8. The van der Waals surface area contributed by atoms with Crippen molar-refractivity contribution in [2.75, 3.05) is 0 Å². The number of hydrogen-bond donors (Lipinski definition) is 1. The maximum atomic E-state index is 12.4. The van der Waals surface area contributed by atoms with Gasteiger partial charge >= 0.3 is 5.97 Å². The Kier molecular flexibility index (Phi) is 8.80. The number of benzene rings is 2. The van der Waals surface area contributed by atoms with Crippen molar-refractivity contribution in [1.82, 2.24) is 0 Å². The molecule has 0 amide bonds. The van der Waals surface area contributed by atoms with Crippen LogP contribution in [0.2, 0.25) is 0 Å². The van der Waals surface area contributed by atoms with E-state index >= 15 is 0 Å². The van der Waals surface area contributed by atoms with Gasteiger partial charge in [0.05, 0.1) is 0 Å². The molecule has 2 rings (SSSR count). The molecule has 0 spiro atoms. The number of esters is 1. The molecule has 0 heterocycles. The van der Waals surface area contributed by atoms with E-state index in [9.17, 15) is 9.90 Å². The molecule has 0 saturated carbocycles. The first kappa shape index (κ1) is 27.7. The van der Waals surface area contributed by atoms with Crippen molar-refractivity contribution in [3.63, 3.8) is 0 Å². The van der Waals surface area contributed by atoms with Crippen molar-refractivity contribution in [2.45, 2.75) is 105 Å². The summed E-state index contributed by atoms with van der Waals surface area (Å²) >= 11 is 0. The summed E-state index contributed by atoms with van der Waals surface area (Å²) in [5.41, 5.74) is 5.85. The molecule has 2 aromatic rings. The van der Waals surface area contributed by atoms with Crippen LogP contribution in [0.4, 0.5) is 0 Å². The van der Waals surface area contributed by atoms with E-state index in [0.717, 1.165) is 47.9 Å². The summed E-state index contributed by atoms with van der Waals surface area (Å²) in [7, 11) is 0. The summed E-state index contributed by atoms with van der Waals surface area (Å²) in [5, 5.41) is 11.5. The van der Waals surface area contributed by atoms with Crippen LogP contribution in [0.25, 0.3) is 0 Å². The lowest BCUT2D eigenvalue weighted by molar-refractivity contribution is -0.129. The lowest BCUT2D eigenvalue weighted by Crippen LogP contribution is -2.21. The lowest BCUT2D eigenvalue weighted by Gasteiger charge is -2.31. The number of phenols is 1. The van der Waals surface area contributed by atoms with Gasteiger partial charge in [-0.3, -0.25) is 0 Å². The largest absolute Gasteiger partial charge is 0.507 e. The van der Waals surface area contributed by atoms with Gasteiger partial charge in [0.2, 0.25) is 0 Å². The van der Waals surface area contributed by atoms with Gasteiger partial charge in [-0.2, -0.15) is 0 Å². The second-order valence-electron chi connectivity index (χ2n) is 10.7. The third-order valence-electron chi connectivity index (χ3n) is 7.72. The van der Waals surface area contributed by atoms with Gasteiger partial charge in [0.25, 0.3) is 0 Å². The van der Waals surface area contributed by atoms with Gasteiger partial charge in [0.1, 0.15) is 11.5 Å². The molecule has 0 bridgehead atoms. The molecule has 0 aromatic heterocycles. The molecule has 1 unspecified atom stereocenters. The lowest BCUT2D eigenvalue weighted by atomic mass is 9.76. The highest BCUT2D eigenvalue weighted by molar-refractivity contribution is 5.84. The summed E-state index contributed by atoms with van der Waals surface area (Å²) in [6, 6.07) is 8.55. The molecule has 0 fully saturated rings. The standard InChI is InChI=1S/C31H44O3/c1-11-21-16-23(28(33)25(18-21)30(7,8)14-4)20(6)24-17-22(12-2)19-26(31(9,10)15-5)29(24)34-27(32)13-3/h13,16-20,33H,3,11-12,14-15H2,1-2,4-10H3. The van der Waals surface area contributed by atoms with Crippen LogP contribution in [0.1, 0.15) is 114 Å². The Morgan fingerprint density at radius 2 is 1.38 bits per heavy atom. The second kappa shape index (κ2) is 10.8. The van der Waals surface area contributed by atoms with Gasteiger partial charge < -0.3 is 9.84 Å². The van der Waals surface area contributed by atoms with Gasteiger partial charge in [-0.05, 0) is 47.6 Å². The molecule has 0 saturated heterocycles. The van der Waals surface area contributed by atoms with Crippen LogP contribution in [0.5, 0.6) is 11.5 Å². The third kappa shape index (κ3) is 5.56. The first-order chi connectivity index (χ1) is 15.9. The van der Waals surface area contributed by atoms with Crippen LogP contribution < -0.4 is 4.74 Å². The monoisotopic (exact) mass is 464 g/mol. The van der Waals surface area contributed by atoms with E-state index in [1.165, 1.54) is 17.2 Å². The molecule has 2 aromatic carbocycles. The highest BCUT2D eigenvalue weighted by Gasteiger charge is 2.31. The highest BCUT2D eigenvalue weighted by atomic mass is 16.5. The molecule has 0 radical (unpaired) electrons. The topological polar surface area (TPSA) is 46.5 Å². The number of aromatic hydroxyl groups is 1. The molecular formula is C31H44O3. The Bertz CT molecular complexity index is 1040. The molecule has 1 atom stereocenters. The van der Waals surface area contributed by atoms with E-state index in [0.29, 0.717) is 11.5 Å². The molecular weight excluding hydrogens is 420 g/mol. The van der Waals surface area contributed by atoms with Crippen molar-refractivity contribution in [1.29, 1.82) is 0 Å². The van der Waals surface area contributed by atoms with E-state index < -0.39 is 5.97 Å². The summed E-state index contributed by atoms with van der Waals surface area (Å²) in [5.74, 6) is 0.309. The zero-order chi connectivity index (χ0) is 25.8. The Hall–Kier alpha value is -2.55. The summed E-state index contributed by atoms with van der Waals surface area (Å²) in [6.45, 7) is 23.0. The summed E-state index contributed by atoms with van der Waals surface area (Å²) < 4.78 is 5.93. The predicted octanol–water partition coefficient (Wildman–Crippen LogP) is 8.14. The van der Waals surface area contributed by atoms with Crippen LogP contribution in [0.3, 0.4) is 0 Å². The average Bonchev–Trinajstić information content (AvgIpc) is 2.83. The highest BCUT2D eigenvalue weighted by Crippen LogP contribution is 2.46. The molecule has 186 valence electrons. The summed E-state index contributed by atoms with van der Waals surface area (Å²) in [6.07, 6.45) is 4.79. The number of ether oxygens (including phenoxy) is 1. The second-order valence-corrected chi connectivity index (χ2v) is 10.7. The Morgan fingerprint density at radius 1 is 0.912 bits per heavy atom. The fourth-order valence-corrected chi connectivity index (χ4v) is 4.32. The van der Waals surface area contributed by atoms with Crippen molar-refractivity contribution >= 4 is 5.97 Å². The zero-order valence-corrected chi connectivity index (χ0v) is 22.8. The minimum absolute atomic E-state index is 0.150. The van der Waals surface area contributed by atoms with Crippen LogP contribution in [-0.2, 0) is 28.5 Å². The predicted molar refractivity (Wildman–Crippen MR) is 143 cm³/mol. The van der Waals surface area contributed by atoms with Crippen molar-refractivity contribution in [2.24, 2.45) is 0 Å². The van der Waals surface area contributed by atoms with Gasteiger partial charge in [-0.15, -0.1) is 0 Å². The molecule has 34 heavy (non-hydrogen) atoms. The molecule has 1 N–H and O–H groups in total. The van der Waals surface area contributed by atoms with Crippen LogP contribution in [0.15, 0.2) is 36.9 Å². The number of carbonyl (C=O) groups is 1. The van der Waals surface area contributed by atoms with Crippen LogP contribution >= 0.6 is 0 Å². The number of aryl methyl sites for hydroxylation is 2. The minimum Gasteiger partial charge on any atom is -0.507 e. The van der Waals surface area contributed by atoms with Crippen molar-refractivity contribution < 1.29 is 14.6 Å². The van der Waals surface area contributed by atoms with Gasteiger partial charge in [-0.1, -0.05) is 93.2 Å². The average molecular weight is 465 g/mol. The number of hydrogen-bond acceptors (Lipinski definition) is 3.